The topological polar surface area (TPSA) is 64.6 Å². The minimum atomic E-state index is -0.865. The SMILES string of the molecule is CCC(C)[C@@H](ONC(=O)c1ccc(Cl)cc1)C(=O)OC(C)(C)C. The minimum absolute atomic E-state index is 0.102. The number of halogens is 1. The van der Waals surface area contributed by atoms with Crippen molar-refractivity contribution in [3.8, 4) is 0 Å². The summed E-state index contributed by atoms with van der Waals surface area (Å²) >= 11 is 5.78. The first kappa shape index (κ1) is 19.5. The van der Waals surface area contributed by atoms with Gasteiger partial charge in [-0.2, -0.15) is 0 Å². The minimum Gasteiger partial charge on any atom is -0.458 e. The van der Waals surface area contributed by atoms with Crippen molar-refractivity contribution in [2.75, 3.05) is 0 Å². The Kier molecular flexibility index (Phi) is 7.03. The first-order valence-corrected chi connectivity index (χ1v) is 7.96. The van der Waals surface area contributed by atoms with Crippen LogP contribution in [0.15, 0.2) is 24.3 Å². The molecule has 0 saturated heterocycles. The molecule has 1 aromatic carbocycles. The van der Waals surface area contributed by atoms with E-state index in [4.69, 9.17) is 21.2 Å². The third-order valence-electron chi connectivity index (χ3n) is 3.18. The molecule has 1 unspecified atom stereocenters. The van der Waals surface area contributed by atoms with Gasteiger partial charge in [-0.25, -0.2) is 10.3 Å². The summed E-state index contributed by atoms with van der Waals surface area (Å²) in [5, 5.41) is 0.536. The Hall–Kier alpha value is -1.59. The van der Waals surface area contributed by atoms with E-state index >= 15 is 0 Å². The van der Waals surface area contributed by atoms with Crippen molar-refractivity contribution in [1.29, 1.82) is 0 Å². The van der Waals surface area contributed by atoms with Gasteiger partial charge in [0.15, 0.2) is 6.10 Å². The number of hydrogen-bond donors (Lipinski definition) is 1. The zero-order valence-corrected chi connectivity index (χ0v) is 14.9. The molecule has 23 heavy (non-hydrogen) atoms. The first-order chi connectivity index (χ1) is 10.6. The molecule has 0 aromatic heterocycles. The second-order valence-electron chi connectivity index (χ2n) is 6.40. The standard InChI is InChI=1S/C17H24ClNO4/c1-6-11(2)14(16(21)22-17(3,4)5)23-19-15(20)12-7-9-13(18)10-8-12/h7-11,14H,6H2,1-5H3,(H,19,20)/t11?,14-/m1/s1. The van der Waals surface area contributed by atoms with E-state index in [-0.39, 0.29) is 5.92 Å². The summed E-state index contributed by atoms with van der Waals surface area (Å²) in [6.45, 7) is 9.15. The highest BCUT2D eigenvalue weighted by molar-refractivity contribution is 6.30. The monoisotopic (exact) mass is 341 g/mol. The van der Waals surface area contributed by atoms with Crippen molar-refractivity contribution in [1.82, 2.24) is 5.48 Å². The van der Waals surface area contributed by atoms with Crippen molar-refractivity contribution in [2.45, 2.75) is 52.7 Å². The van der Waals surface area contributed by atoms with Crippen LogP contribution in [0.2, 0.25) is 5.02 Å². The lowest BCUT2D eigenvalue weighted by molar-refractivity contribution is -0.176. The maximum Gasteiger partial charge on any atom is 0.338 e. The molecule has 128 valence electrons. The van der Waals surface area contributed by atoms with E-state index in [0.717, 1.165) is 0 Å². The molecule has 5 nitrogen and oxygen atoms in total. The van der Waals surface area contributed by atoms with Crippen LogP contribution in [0, 0.1) is 5.92 Å². The van der Waals surface area contributed by atoms with Crippen molar-refractivity contribution < 1.29 is 19.2 Å². The zero-order valence-electron chi connectivity index (χ0n) is 14.2. The molecule has 1 rings (SSSR count). The van der Waals surface area contributed by atoms with Gasteiger partial charge < -0.3 is 4.74 Å². The average Bonchev–Trinajstić information content (AvgIpc) is 2.45. The summed E-state index contributed by atoms with van der Waals surface area (Å²) in [6.07, 6.45) is -0.156. The molecule has 6 heteroatoms. The Morgan fingerprint density at radius 1 is 1.22 bits per heavy atom. The zero-order chi connectivity index (χ0) is 17.6. The third kappa shape index (κ3) is 6.59. The summed E-state index contributed by atoms with van der Waals surface area (Å²) < 4.78 is 5.34. The van der Waals surface area contributed by atoms with Gasteiger partial charge >= 0.3 is 5.97 Å². The van der Waals surface area contributed by atoms with Crippen LogP contribution in [0.3, 0.4) is 0 Å². The number of rotatable bonds is 6. The van der Waals surface area contributed by atoms with Crippen LogP contribution in [0.1, 0.15) is 51.4 Å². The Bertz CT molecular complexity index is 537. The molecule has 0 fully saturated rings. The summed E-state index contributed by atoms with van der Waals surface area (Å²) in [6, 6.07) is 6.37. The summed E-state index contributed by atoms with van der Waals surface area (Å²) in [5.41, 5.74) is 2.09. The number of esters is 1. The second kappa shape index (κ2) is 8.31. The van der Waals surface area contributed by atoms with E-state index in [1.54, 1.807) is 45.0 Å². The number of amides is 1. The van der Waals surface area contributed by atoms with Gasteiger partial charge in [0.2, 0.25) is 0 Å². The van der Waals surface area contributed by atoms with Crippen molar-refractivity contribution >= 4 is 23.5 Å². The molecule has 0 saturated carbocycles. The summed E-state index contributed by atoms with van der Waals surface area (Å²) in [7, 11) is 0. The fraction of sp³-hybridized carbons (Fsp3) is 0.529. The molecular formula is C17H24ClNO4. The number of nitrogens with one attached hydrogen (secondary N) is 1. The fourth-order valence-corrected chi connectivity index (χ4v) is 1.87. The van der Waals surface area contributed by atoms with E-state index in [1.165, 1.54) is 0 Å². The quantitative estimate of drug-likeness (QED) is 0.632. The van der Waals surface area contributed by atoms with Crippen LogP contribution in [-0.4, -0.2) is 23.6 Å². The number of hydrogen-bond acceptors (Lipinski definition) is 4. The smallest absolute Gasteiger partial charge is 0.338 e. The largest absolute Gasteiger partial charge is 0.458 e. The van der Waals surface area contributed by atoms with Gasteiger partial charge in [-0.05, 0) is 51.0 Å². The normalized spacial score (nSPS) is 14.0. The molecule has 1 amide bonds. The number of carbonyl (C=O) groups excluding carboxylic acids is 2. The van der Waals surface area contributed by atoms with Gasteiger partial charge in [0.25, 0.3) is 5.91 Å². The van der Waals surface area contributed by atoms with Crippen LogP contribution in [-0.2, 0) is 14.4 Å². The molecular weight excluding hydrogens is 318 g/mol. The van der Waals surface area contributed by atoms with Gasteiger partial charge in [-0.1, -0.05) is 31.9 Å². The third-order valence-corrected chi connectivity index (χ3v) is 3.44. The van der Waals surface area contributed by atoms with Crippen LogP contribution in [0.25, 0.3) is 0 Å². The van der Waals surface area contributed by atoms with Gasteiger partial charge in [0.05, 0.1) is 0 Å². The molecule has 0 bridgehead atoms. The maximum atomic E-state index is 12.2. The van der Waals surface area contributed by atoms with Gasteiger partial charge in [-0.15, -0.1) is 0 Å². The Labute approximate surface area is 142 Å². The lowest BCUT2D eigenvalue weighted by atomic mass is 10.0. The van der Waals surface area contributed by atoms with Gasteiger partial charge in [0.1, 0.15) is 5.60 Å². The highest BCUT2D eigenvalue weighted by atomic mass is 35.5. The van der Waals surface area contributed by atoms with Crippen LogP contribution < -0.4 is 5.48 Å². The van der Waals surface area contributed by atoms with E-state index in [1.807, 2.05) is 13.8 Å². The highest BCUT2D eigenvalue weighted by Crippen LogP contribution is 2.17. The first-order valence-electron chi connectivity index (χ1n) is 7.58. The lowest BCUT2D eigenvalue weighted by Gasteiger charge is -2.26. The average molecular weight is 342 g/mol. The number of ether oxygens (including phenoxy) is 1. The molecule has 2 atom stereocenters. The van der Waals surface area contributed by atoms with Crippen molar-refractivity contribution in [3.63, 3.8) is 0 Å². The van der Waals surface area contributed by atoms with Gasteiger partial charge in [0, 0.05) is 10.6 Å². The summed E-state index contributed by atoms with van der Waals surface area (Å²) in [5.74, 6) is -1.04. The van der Waals surface area contributed by atoms with E-state index < -0.39 is 23.6 Å². The number of carbonyl (C=O) groups is 2. The molecule has 0 spiro atoms. The molecule has 0 heterocycles. The van der Waals surface area contributed by atoms with Crippen LogP contribution in [0.5, 0.6) is 0 Å². The molecule has 0 aliphatic heterocycles. The fourth-order valence-electron chi connectivity index (χ4n) is 1.75. The molecule has 1 N–H and O–H groups in total. The predicted molar refractivity (Wildman–Crippen MR) is 89.1 cm³/mol. The Morgan fingerprint density at radius 3 is 2.26 bits per heavy atom. The molecule has 0 aliphatic carbocycles. The lowest BCUT2D eigenvalue weighted by Crippen LogP contribution is -2.42. The van der Waals surface area contributed by atoms with E-state index in [0.29, 0.717) is 17.0 Å². The number of hydroxylamine groups is 1. The highest BCUT2D eigenvalue weighted by Gasteiger charge is 2.31. The van der Waals surface area contributed by atoms with Crippen LogP contribution >= 0.6 is 11.6 Å². The van der Waals surface area contributed by atoms with Gasteiger partial charge in [-0.3, -0.25) is 9.63 Å². The maximum absolute atomic E-state index is 12.2. The second-order valence-corrected chi connectivity index (χ2v) is 6.83. The molecule has 0 aliphatic rings. The van der Waals surface area contributed by atoms with Crippen LogP contribution in [0.4, 0.5) is 0 Å². The Balaban J connectivity index is 2.72. The summed E-state index contributed by atoms with van der Waals surface area (Å²) in [4.78, 5) is 29.6. The number of benzene rings is 1. The van der Waals surface area contributed by atoms with Crippen molar-refractivity contribution in [2.24, 2.45) is 5.92 Å². The van der Waals surface area contributed by atoms with E-state index in [9.17, 15) is 9.59 Å². The van der Waals surface area contributed by atoms with E-state index in [2.05, 4.69) is 5.48 Å². The van der Waals surface area contributed by atoms with Crippen molar-refractivity contribution in [3.05, 3.63) is 34.9 Å². The Morgan fingerprint density at radius 2 is 1.78 bits per heavy atom. The molecule has 1 aromatic rings. The molecule has 0 radical (unpaired) electrons. The predicted octanol–water partition coefficient (Wildman–Crippen LogP) is 3.76.